The first kappa shape index (κ1) is 12.4. The third kappa shape index (κ3) is 3.43. The molecule has 1 aliphatic carbocycles. The van der Waals surface area contributed by atoms with Gasteiger partial charge in [0.1, 0.15) is 0 Å². The number of nitrogens with one attached hydrogen (secondary N) is 1. The molecule has 0 aromatic carbocycles. The zero-order valence-corrected chi connectivity index (χ0v) is 10.6. The van der Waals surface area contributed by atoms with Crippen molar-refractivity contribution in [2.24, 2.45) is 5.92 Å². The Bertz CT molecular complexity index is 325. The maximum Gasteiger partial charge on any atom is 0.253 e. The molecule has 0 radical (unpaired) electrons. The maximum absolute atomic E-state index is 12.3. The summed E-state index contributed by atoms with van der Waals surface area (Å²) in [6.45, 7) is 5.88. The zero-order valence-electron chi connectivity index (χ0n) is 10.6. The molecular formula is C14H22N2O. The van der Waals surface area contributed by atoms with Gasteiger partial charge in [0.15, 0.2) is 0 Å². The molecule has 17 heavy (non-hydrogen) atoms. The monoisotopic (exact) mass is 234 g/mol. The van der Waals surface area contributed by atoms with E-state index in [0.717, 1.165) is 51.0 Å². The van der Waals surface area contributed by atoms with Crippen LogP contribution in [0.3, 0.4) is 0 Å². The highest BCUT2D eigenvalue weighted by Crippen LogP contribution is 2.18. The van der Waals surface area contributed by atoms with Crippen LogP contribution in [0.15, 0.2) is 23.8 Å². The van der Waals surface area contributed by atoms with Gasteiger partial charge in [0, 0.05) is 25.2 Å². The Morgan fingerprint density at radius 2 is 2.24 bits per heavy atom. The summed E-state index contributed by atoms with van der Waals surface area (Å²) in [6, 6.07) is 0. The summed E-state index contributed by atoms with van der Waals surface area (Å²) in [5, 5.41) is 3.32. The van der Waals surface area contributed by atoms with Gasteiger partial charge in [-0.1, -0.05) is 25.2 Å². The van der Waals surface area contributed by atoms with Gasteiger partial charge in [-0.2, -0.15) is 0 Å². The summed E-state index contributed by atoms with van der Waals surface area (Å²) in [6.07, 6.45) is 9.39. The zero-order chi connectivity index (χ0) is 12.1. The first-order valence-electron chi connectivity index (χ1n) is 6.64. The molecule has 1 aliphatic heterocycles. The predicted molar refractivity (Wildman–Crippen MR) is 69.7 cm³/mol. The molecule has 1 heterocycles. The van der Waals surface area contributed by atoms with Crippen molar-refractivity contribution in [2.45, 2.75) is 26.2 Å². The van der Waals surface area contributed by atoms with Crippen molar-refractivity contribution in [2.75, 3.05) is 26.2 Å². The fourth-order valence-corrected chi connectivity index (χ4v) is 2.31. The third-order valence-electron chi connectivity index (χ3n) is 3.45. The van der Waals surface area contributed by atoms with E-state index in [1.165, 1.54) is 0 Å². The summed E-state index contributed by atoms with van der Waals surface area (Å²) in [5.41, 5.74) is 0.885. The number of carbonyl (C=O) groups is 1. The predicted octanol–water partition coefficient (Wildman–Crippen LogP) is 1.72. The number of hydrogen-bond acceptors (Lipinski definition) is 2. The Labute approximate surface area is 104 Å². The molecule has 3 nitrogen and oxygen atoms in total. The Balaban J connectivity index is 2.02. The largest absolute Gasteiger partial charge is 0.337 e. The van der Waals surface area contributed by atoms with Crippen LogP contribution in [-0.2, 0) is 4.79 Å². The van der Waals surface area contributed by atoms with E-state index in [4.69, 9.17) is 0 Å². The summed E-state index contributed by atoms with van der Waals surface area (Å²) in [4.78, 5) is 14.3. The molecule has 0 bridgehead atoms. The molecule has 0 aromatic heterocycles. The van der Waals surface area contributed by atoms with Crippen molar-refractivity contribution in [1.82, 2.24) is 10.2 Å². The lowest BCUT2D eigenvalue weighted by Gasteiger charge is -2.20. The highest BCUT2D eigenvalue weighted by atomic mass is 16.2. The molecule has 1 fully saturated rings. The molecule has 1 amide bonds. The van der Waals surface area contributed by atoms with E-state index in [2.05, 4.69) is 24.4 Å². The molecule has 1 atom stereocenters. The standard InChI is InChI=1S/C14H22N2O/c1-12-4-2-5-13(7-6-12)14(17)16-10-3-8-15-9-11-16/h2,5,7,12,15H,3-4,6,8-11H2,1H3/t12-/m0/s1. The number of allylic oxidation sites excluding steroid dienone is 2. The van der Waals surface area contributed by atoms with E-state index >= 15 is 0 Å². The fraction of sp³-hybridized carbons (Fsp3) is 0.643. The first-order chi connectivity index (χ1) is 8.27. The SMILES string of the molecule is C[C@H]1CC=CC(C(=O)N2CCCNCC2)=CC1. The molecule has 1 N–H and O–H groups in total. The topological polar surface area (TPSA) is 32.3 Å². The van der Waals surface area contributed by atoms with Gasteiger partial charge in [-0.25, -0.2) is 0 Å². The average molecular weight is 234 g/mol. The van der Waals surface area contributed by atoms with Crippen molar-refractivity contribution < 1.29 is 4.79 Å². The van der Waals surface area contributed by atoms with Gasteiger partial charge < -0.3 is 10.2 Å². The van der Waals surface area contributed by atoms with Crippen molar-refractivity contribution in [1.29, 1.82) is 0 Å². The van der Waals surface area contributed by atoms with Gasteiger partial charge in [0.25, 0.3) is 5.91 Å². The van der Waals surface area contributed by atoms with Crippen molar-refractivity contribution in [3.63, 3.8) is 0 Å². The molecule has 0 unspecified atom stereocenters. The molecule has 1 saturated heterocycles. The van der Waals surface area contributed by atoms with Crippen molar-refractivity contribution in [3.05, 3.63) is 23.8 Å². The number of amides is 1. The van der Waals surface area contributed by atoms with E-state index in [-0.39, 0.29) is 5.91 Å². The Morgan fingerprint density at radius 3 is 3.12 bits per heavy atom. The number of carbonyl (C=O) groups excluding carboxylic acids is 1. The fourth-order valence-electron chi connectivity index (χ4n) is 2.31. The molecule has 0 saturated carbocycles. The highest BCUT2D eigenvalue weighted by Gasteiger charge is 2.18. The van der Waals surface area contributed by atoms with Gasteiger partial charge in [-0.05, 0) is 31.7 Å². The third-order valence-corrected chi connectivity index (χ3v) is 3.45. The number of hydrogen-bond donors (Lipinski definition) is 1. The molecule has 94 valence electrons. The molecule has 0 spiro atoms. The normalized spacial score (nSPS) is 26.1. The summed E-state index contributed by atoms with van der Waals surface area (Å²) in [5.74, 6) is 0.862. The van der Waals surface area contributed by atoms with E-state index in [9.17, 15) is 4.79 Å². The van der Waals surface area contributed by atoms with Crippen LogP contribution in [0, 0.1) is 5.92 Å². The average Bonchev–Trinajstić information content (AvgIpc) is 2.70. The Kier molecular flexibility index (Phi) is 4.37. The second kappa shape index (κ2) is 6.01. The minimum Gasteiger partial charge on any atom is -0.337 e. The summed E-state index contributed by atoms with van der Waals surface area (Å²) in [7, 11) is 0. The van der Waals surface area contributed by atoms with Gasteiger partial charge in [0.2, 0.25) is 0 Å². The highest BCUT2D eigenvalue weighted by molar-refractivity contribution is 5.96. The van der Waals surface area contributed by atoms with Crippen LogP contribution in [0.1, 0.15) is 26.2 Å². The lowest BCUT2D eigenvalue weighted by atomic mass is 10.1. The van der Waals surface area contributed by atoms with E-state index in [0.29, 0.717) is 5.92 Å². The van der Waals surface area contributed by atoms with Crippen LogP contribution < -0.4 is 5.32 Å². The van der Waals surface area contributed by atoms with E-state index in [1.807, 2.05) is 11.0 Å². The lowest BCUT2D eigenvalue weighted by Crippen LogP contribution is -2.34. The van der Waals surface area contributed by atoms with Gasteiger partial charge >= 0.3 is 0 Å². The van der Waals surface area contributed by atoms with E-state index < -0.39 is 0 Å². The smallest absolute Gasteiger partial charge is 0.253 e. The van der Waals surface area contributed by atoms with Gasteiger partial charge in [-0.15, -0.1) is 0 Å². The first-order valence-corrected chi connectivity index (χ1v) is 6.64. The van der Waals surface area contributed by atoms with Gasteiger partial charge in [0.05, 0.1) is 0 Å². The quantitative estimate of drug-likeness (QED) is 0.749. The lowest BCUT2D eigenvalue weighted by molar-refractivity contribution is -0.126. The van der Waals surface area contributed by atoms with Crippen LogP contribution >= 0.6 is 0 Å². The second-order valence-electron chi connectivity index (χ2n) is 5.03. The van der Waals surface area contributed by atoms with Crippen LogP contribution in [-0.4, -0.2) is 37.0 Å². The van der Waals surface area contributed by atoms with Crippen LogP contribution in [0.25, 0.3) is 0 Å². The molecular weight excluding hydrogens is 212 g/mol. The second-order valence-corrected chi connectivity index (χ2v) is 5.03. The van der Waals surface area contributed by atoms with Crippen molar-refractivity contribution >= 4 is 5.91 Å². The van der Waals surface area contributed by atoms with E-state index in [1.54, 1.807) is 0 Å². The van der Waals surface area contributed by atoms with Crippen molar-refractivity contribution in [3.8, 4) is 0 Å². The van der Waals surface area contributed by atoms with Gasteiger partial charge in [-0.3, -0.25) is 4.79 Å². The Hall–Kier alpha value is -1.09. The molecule has 3 heteroatoms. The molecule has 0 aromatic rings. The van der Waals surface area contributed by atoms with Crippen LogP contribution in [0.4, 0.5) is 0 Å². The minimum atomic E-state index is 0.207. The maximum atomic E-state index is 12.3. The molecule has 2 rings (SSSR count). The van der Waals surface area contributed by atoms with Crippen LogP contribution in [0.2, 0.25) is 0 Å². The number of rotatable bonds is 1. The Morgan fingerprint density at radius 1 is 1.35 bits per heavy atom. The van der Waals surface area contributed by atoms with Crippen LogP contribution in [0.5, 0.6) is 0 Å². The minimum absolute atomic E-state index is 0.207. The molecule has 2 aliphatic rings. The summed E-state index contributed by atoms with van der Waals surface area (Å²) < 4.78 is 0. The summed E-state index contributed by atoms with van der Waals surface area (Å²) >= 11 is 0. The number of nitrogens with zero attached hydrogens (tertiary/aromatic N) is 1.